The Balaban J connectivity index is 1.92. The SMILES string of the molecule is CCCNCCNC(=O)c1cc(-c2ccco2)nc2onc(CCC)c12. The molecule has 3 aromatic rings. The van der Waals surface area contributed by atoms with E-state index in [2.05, 4.69) is 34.6 Å². The van der Waals surface area contributed by atoms with Gasteiger partial charge in [-0.3, -0.25) is 4.79 Å². The molecule has 138 valence electrons. The molecule has 0 aliphatic heterocycles. The van der Waals surface area contributed by atoms with Gasteiger partial charge in [0.1, 0.15) is 5.69 Å². The van der Waals surface area contributed by atoms with E-state index in [4.69, 9.17) is 8.94 Å². The fraction of sp³-hybridized carbons (Fsp3) is 0.421. The number of hydrogen-bond donors (Lipinski definition) is 2. The minimum Gasteiger partial charge on any atom is -0.463 e. The molecule has 7 heteroatoms. The summed E-state index contributed by atoms with van der Waals surface area (Å²) in [6, 6.07) is 5.32. The third kappa shape index (κ3) is 3.94. The predicted molar refractivity (Wildman–Crippen MR) is 99.0 cm³/mol. The van der Waals surface area contributed by atoms with E-state index in [1.165, 1.54) is 0 Å². The van der Waals surface area contributed by atoms with Crippen LogP contribution in [-0.4, -0.2) is 35.7 Å². The number of aryl methyl sites for hydroxylation is 1. The van der Waals surface area contributed by atoms with Crippen LogP contribution in [0.15, 0.2) is 33.4 Å². The van der Waals surface area contributed by atoms with Gasteiger partial charge in [-0.25, -0.2) is 4.98 Å². The van der Waals surface area contributed by atoms with Crippen molar-refractivity contribution in [3.63, 3.8) is 0 Å². The number of furan rings is 1. The van der Waals surface area contributed by atoms with Gasteiger partial charge in [0.15, 0.2) is 5.76 Å². The van der Waals surface area contributed by atoms with Gasteiger partial charge in [0.05, 0.1) is 22.9 Å². The second kappa shape index (κ2) is 8.62. The van der Waals surface area contributed by atoms with Gasteiger partial charge in [-0.15, -0.1) is 0 Å². The number of hydrogen-bond acceptors (Lipinski definition) is 6. The molecule has 0 saturated heterocycles. The van der Waals surface area contributed by atoms with Crippen LogP contribution >= 0.6 is 0 Å². The van der Waals surface area contributed by atoms with Gasteiger partial charge in [-0.05, 0) is 37.6 Å². The van der Waals surface area contributed by atoms with Crippen LogP contribution < -0.4 is 10.6 Å². The molecule has 2 N–H and O–H groups in total. The van der Waals surface area contributed by atoms with Crippen LogP contribution in [-0.2, 0) is 6.42 Å². The zero-order valence-electron chi connectivity index (χ0n) is 15.2. The number of pyridine rings is 1. The lowest BCUT2D eigenvalue weighted by Crippen LogP contribution is -2.32. The molecule has 3 heterocycles. The average Bonchev–Trinajstić information content (AvgIpc) is 3.31. The zero-order chi connectivity index (χ0) is 18.4. The van der Waals surface area contributed by atoms with Gasteiger partial charge in [0, 0.05) is 13.1 Å². The lowest BCUT2D eigenvalue weighted by Gasteiger charge is -2.08. The topological polar surface area (TPSA) is 93.2 Å². The molecule has 0 unspecified atom stereocenters. The first kappa shape index (κ1) is 18.1. The Kier molecular flexibility index (Phi) is 6.01. The number of amides is 1. The van der Waals surface area contributed by atoms with Gasteiger partial charge in [-0.1, -0.05) is 25.4 Å². The van der Waals surface area contributed by atoms with Crippen molar-refractivity contribution in [2.24, 2.45) is 0 Å². The van der Waals surface area contributed by atoms with E-state index in [0.29, 0.717) is 34.7 Å². The van der Waals surface area contributed by atoms with Crippen molar-refractivity contribution in [2.45, 2.75) is 33.1 Å². The molecule has 3 aromatic heterocycles. The van der Waals surface area contributed by atoms with Crippen molar-refractivity contribution in [2.75, 3.05) is 19.6 Å². The maximum atomic E-state index is 12.8. The summed E-state index contributed by atoms with van der Waals surface area (Å²) < 4.78 is 10.8. The fourth-order valence-electron chi connectivity index (χ4n) is 2.81. The van der Waals surface area contributed by atoms with Gasteiger partial charge < -0.3 is 19.6 Å². The molecule has 0 aliphatic rings. The predicted octanol–water partition coefficient (Wildman–Crippen LogP) is 3.16. The highest BCUT2D eigenvalue weighted by atomic mass is 16.5. The molecule has 3 rings (SSSR count). The second-order valence-electron chi connectivity index (χ2n) is 6.10. The lowest BCUT2D eigenvalue weighted by molar-refractivity contribution is 0.0955. The first-order valence-corrected chi connectivity index (χ1v) is 9.06. The van der Waals surface area contributed by atoms with E-state index in [-0.39, 0.29) is 5.91 Å². The number of aromatic nitrogens is 2. The van der Waals surface area contributed by atoms with Gasteiger partial charge in [0.2, 0.25) is 0 Å². The normalized spacial score (nSPS) is 11.2. The van der Waals surface area contributed by atoms with E-state index < -0.39 is 0 Å². The second-order valence-corrected chi connectivity index (χ2v) is 6.10. The molecule has 0 bridgehead atoms. The monoisotopic (exact) mass is 356 g/mol. The number of fused-ring (bicyclic) bond motifs is 1. The fourth-order valence-corrected chi connectivity index (χ4v) is 2.81. The van der Waals surface area contributed by atoms with Crippen LogP contribution in [0.1, 0.15) is 42.7 Å². The van der Waals surface area contributed by atoms with Crippen LogP contribution in [0.5, 0.6) is 0 Å². The average molecular weight is 356 g/mol. The highest BCUT2D eigenvalue weighted by molar-refractivity contribution is 6.06. The number of nitrogens with zero attached hydrogens (tertiary/aromatic N) is 2. The number of carbonyl (C=O) groups is 1. The Morgan fingerprint density at radius 1 is 1.19 bits per heavy atom. The van der Waals surface area contributed by atoms with Gasteiger partial charge >= 0.3 is 0 Å². The van der Waals surface area contributed by atoms with Crippen molar-refractivity contribution in [3.8, 4) is 11.5 Å². The van der Waals surface area contributed by atoms with Crippen molar-refractivity contribution in [3.05, 3.63) is 35.7 Å². The van der Waals surface area contributed by atoms with E-state index in [9.17, 15) is 4.79 Å². The molecule has 26 heavy (non-hydrogen) atoms. The number of carbonyl (C=O) groups excluding carboxylic acids is 1. The van der Waals surface area contributed by atoms with Crippen molar-refractivity contribution < 1.29 is 13.7 Å². The molecule has 1 amide bonds. The van der Waals surface area contributed by atoms with E-state index in [1.54, 1.807) is 24.5 Å². The van der Waals surface area contributed by atoms with Crippen LogP contribution in [0.25, 0.3) is 22.6 Å². The Morgan fingerprint density at radius 2 is 2.08 bits per heavy atom. The third-order valence-corrected chi connectivity index (χ3v) is 4.04. The quantitative estimate of drug-likeness (QED) is 0.572. The third-order valence-electron chi connectivity index (χ3n) is 4.04. The minimum atomic E-state index is -0.163. The molecular formula is C19H24N4O3. The Labute approximate surface area is 152 Å². The van der Waals surface area contributed by atoms with Crippen LogP contribution in [0, 0.1) is 0 Å². The maximum absolute atomic E-state index is 12.8. The summed E-state index contributed by atoms with van der Waals surface area (Å²) in [5.41, 5.74) is 2.18. The Bertz CT molecular complexity index is 855. The van der Waals surface area contributed by atoms with Crippen LogP contribution in [0.2, 0.25) is 0 Å². The Hall–Kier alpha value is -2.67. The summed E-state index contributed by atoms with van der Waals surface area (Å²) in [5, 5.41) is 11.0. The van der Waals surface area contributed by atoms with E-state index in [0.717, 1.165) is 38.0 Å². The zero-order valence-corrected chi connectivity index (χ0v) is 15.2. The summed E-state index contributed by atoms with van der Waals surface area (Å²) in [6.07, 6.45) is 4.27. The summed E-state index contributed by atoms with van der Waals surface area (Å²) in [7, 11) is 0. The molecule has 0 aromatic carbocycles. The molecule has 7 nitrogen and oxygen atoms in total. The summed E-state index contributed by atoms with van der Waals surface area (Å²) in [6.45, 7) is 6.38. The largest absolute Gasteiger partial charge is 0.463 e. The standard InChI is InChI=1S/C19H24N4O3/c1-3-6-14-17-13(18(24)21-10-9-20-8-4-2)12-15(16-7-5-11-25-16)22-19(17)26-23-14/h5,7,11-12,20H,3-4,6,8-10H2,1-2H3,(H,21,24). The molecular weight excluding hydrogens is 332 g/mol. The Morgan fingerprint density at radius 3 is 2.81 bits per heavy atom. The summed E-state index contributed by atoms with van der Waals surface area (Å²) in [4.78, 5) is 17.3. The van der Waals surface area contributed by atoms with Gasteiger partial charge in [-0.2, -0.15) is 0 Å². The highest BCUT2D eigenvalue weighted by Crippen LogP contribution is 2.28. The van der Waals surface area contributed by atoms with Crippen molar-refractivity contribution in [1.82, 2.24) is 20.8 Å². The first-order chi connectivity index (χ1) is 12.7. The van der Waals surface area contributed by atoms with Crippen LogP contribution in [0.4, 0.5) is 0 Å². The molecule has 0 radical (unpaired) electrons. The molecule has 0 spiro atoms. The van der Waals surface area contributed by atoms with Crippen molar-refractivity contribution >= 4 is 17.0 Å². The first-order valence-electron chi connectivity index (χ1n) is 9.06. The lowest BCUT2D eigenvalue weighted by atomic mass is 10.1. The van der Waals surface area contributed by atoms with Crippen LogP contribution in [0.3, 0.4) is 0 Å². The molecule has 0 fully saturated rings. The molecule has 0 atom stereocenters. The van der Waals surface area contributed by atoms with E-state index >= 15 is 0 Å². The summed E-state index contributed by atoms with van der Waals surface area (Å²) >= 11 is 0. The van der Waals surface area contributed by atoms with Crippen molar-refractivity contribution in [1.29, 1.82) is 0 Å². The molecule has 0 aliphatic carbocycles. The highest BCUT2D eigenvalue weighted by Gasteiger charge is 2.21. The number of nitrogens with one attached hydrogen (secondary N) is 2. The smallest absolute Gasteiger partial charge is 0.259 e. The summed E-state index contributed by atoms with van der Waals surface area (Å²) in [5.74, 6) is 0.420. The maximum Gasteiger partial charge on any atom is 0.259 e. The van der Waals surface area contributed by atoms with Gasteiger partial charge in [0.25, 0.3) is 11.6 Å². The minimum absolute atomic E-state index is 0.163. The number of rotatable bonds is 9. The van der Waals surface area contributed by atoms with E-state index in [1.807, 2.05) is 0 Å². The molecule has 0 saturated carbocycles.